The van der Waals surface area contributed by atoms with Crippen LogP contribution in [0.15, 0.2) is 30.3 Å². The van der Waals surface area contributed by atoms with E-state index in [0.29, 0.717) is 34.8 Å². The number of aromatic amines is 1. The molecule has 29 heavy (non-hydrogen) atoms. The van der Waals surface area contributed by atoms with Crippen LogP contribution in [0.5, 0.6) is 5.75 Å². The maximum Gasteiger partial charge on any atom is 0.268 e. The lowest BCUT2D eigenvalue weighted by atomic mass is 10.1. The number of hydrogen-bond acceptors (Lipinski definition) is 4. The molecule has 2 aliphatic heterocycles. The summed E-state index contributed by atoms with van der Waals surface area (Å²) < 4.78 is 5.89. The van der Waals surface area contributed by atoms with Crippen molar-refractivity contribution < 1.29 is 9.53 Å². The summed E-state index contributed by atoms with van der Waals surface area (Å²) in [5.41, 5.74) is 4.20. The van der Waals surface area contributed by atoms with Crippen molar-refractivity contribution in [3.8, 4) is 17.1 Å². The summed E-state index contributed by atoms with van der Waals surface area (Å²) in [5, 5.41) is 4.78. The number of carbonyl (C=O) groups excluding carboxylic acids is 1. The number of amides is 1. The number of hydrogen-bond donors (Lipinski definition) is 1. The number of hydrazine groups is 1. The van der Waals surface area contributed by atoms with Gasteiger partial charge in [-0.05, 0) is 62.6 Å². The van der Waals surface area contributed by atoms with Gasteiger partial charge in [-0.1, -0.05) is 11.6 Å². The molecular weight excluding hydrogens is 388 g/mol. The number of nitrogens with one attached hydrogen (secondary N) is 1. The number of ether oxygens (including phenoxy) is 1. The lowest BCUT2D eigenvalue weighted by Crippen LogP contribution is -2.38. The number of imidazole rings is 1. The Labute approximate surface area is 174 Å². The molecule has 1 N–H and O–H groups in total. The summed E-state index contributed by atoms with van der Waals surface area (Å²) in [7, 11) is 0. The quantitative estimate of drug-likeness (QED) is 0.691. The molecule has 2 aliphatic rings. The number of aromatic nitrogens is 2. The molecule has 0 spiro atoms. The molecule has 5 rings (SSSR count). The minimum atomic E-state index is 0.0458. The maximum absolute atomic E-state index is 13.1. The highest BCUT2D eigenvalue weighted by Crippen LogP contribution is 2.34. The number of rotatable bonds is 4. The van der Waals surface area contributed by atoms with Gasteiger partial charge in [-0.3, -0.25) is 9.80 Å². The Morgan fingerprint density at radius 3 is 2.76 bits per heavy atom. The molecule has 2 fully saturated rings. The van der Waals surface area contributed by atoms with Gasteiger partial charge in [-0.2, -0.15) is 0 Å². The molecule has 2 saturated heterocycles. The van der Waals surface area contributed by atoms with Gasteiger partial charge in [0.2, 0.25) is 0 Å². The minimum Gasteiger partial charge on any atom is -0.493 e. The monoisotopic (exact) mass is 410 g/mol. The summed E-state index contributed by atoms with van der Waals surface area (Å²) in [6.45, 7) is 6.35. The van der Waals surface area contributed by atoms with E-state index in [1.165, 1.54) is 0 Å². The molecule has 2 aromatic carbocycles. The predicted molar refractivity (Wildman–Crippen MR) is 113 cm³/mol. The topological polar surface area (TPSA) is 61.5 Å². The standard InChI is InChI=1S/C22H23ClN4O2/c1-3-29-20-11-14(22(28)27-15-6-8-26(27)9-7-15)4-5-16(20)21-24-18-10-13(2)17(23)12-19(18)25-21/h4-5,10-12,15H,3,6-9H2,1-2H3,(H,24,25). The Hall–Kier alpha value is -2.57. The number of halogens is 1. The molecule has 0 saturated carbocycles. The second kappa shape index (κ2) is 7.04. The number of aryl methyl sites for hydroxylation is 1. The van der Waals surface area contributed by atoms with E-state index >= 15 is 0 Å². The molecule has 0 radical (unpaired) electrons. The Morgan fingerprint density at radius 1 is 1.28 bits per heavy atom. The summed E-state index contributed by atoms with van der Waals surface area (Å²) in [4.78, 5) is 21.2. The van der Waals surface area contributed by atoms with Gasteiger partial charge >= 0.3 is 0 Å². The fourth-order valence-corrected chi connectivity index (χ4v) is 4.52. The number of carbonyl (C=O) groups is 1. The van der Waals surface area contributed by atoms with Crippen LogP contribution in [0, 0.1) is 6.92 Å². The number of nitrogens with zero attached hydrogens (tertiary/aromatic N) is 3. The molecular formula is C22H23ClN4O2. The number of piperidine rings is 1. The zero-order valence-corrected chi connectivity index (χ0v) is 17.3. The molecule has 7 heteroatoms. The van der Waals surface area contributed by atoms with Crippen LogP contribution in [0.1, 0.15) is 35.7 Å². The lowest BCUT2D eigenvalue weighted by molar-refractivity contribution is 0.0334. The van der Waals surface area contributed by atoms with E-state index in [1.807, 2.05) is 49.2 Å². The van der Waals surface area contributed by atoms with Crippen LogP contribution in [0.2, 0.25) is 5.02 Å². The number of fused-ring (bicyclic) bond motifs is 3. The number of benzene rings is 2. The van der Waals surface area contributed by atoms with Crippen molar-refractivity contribution >= 4 is 28.5 Å². The van der Waals surface area contributed by atoms with Gasteiger partial charge in [-0.25, -0.2) is 9.99 Å². The Bertz CT molecular complexity index is 1050. The van der Waals surface area contributed by atoms with Gasteiger partial charge < -0.3 is 9.72 Å². The number of H-pyrrole nitrogens is 1. The van der Waals surface area contributed by atoms with Crippen molar-refractivity contribution in [2.24, 2.45) is 0 Å². The predicted octanol–water partition coefficient (Wildman–Crippen LogP) is 4.43. The van der Waals surface area contributed by atoms with Crippen LogP contribution in [0.3, 0.4) is 0 Å². The van der Waals surface area contributed by atoms with E-state index in [0.717, 1.165) is 48.1 Å². The van der Waals surface area contributed by atoms with Crippen molar-refractivity contribution in [2.75, 3.05) is 19.7 Å². The smallest absolute Gasteiger partial charge is 0.268 e. The van der Waals surface area contributed by atoms with Crippen LogP contribution in [-0.4, -0.2) is 51.6 Å². The van der Waals surface area contributed by atoms with Gasteiger partial charge in [0.05, 0.1) is 29.2 Å². The molecule has 3 heterocycles. The fourth-order valence-electron chi connectivity index (χ4n) is 4.36. The van der Waals surface area contributed by atoms with E-state index in [9.17, 15) is 4.79 Å². The second-order valence-electron chi connectivity index (χ2n) is 7.68. The Kier molecular flexibility index (Phi) is 4.48. The zero-order valence-electron chi connectivity index (χ0n) is 16.5. The molecule has 1 aromatic heterocycles. The largest absolute Gasteiger partial charge is 0.493 e. The molecule has 3 aromatic rings. The summed E-state index contributed by atoms with van der Waals surface area (Å²) >= 11 is 6.25. The van der Waals surface area contributed by atoms with Crippen LogP contribution in [0.4, 0.5) is 0 Å². The van der Waals surface area contributed by atoms with Crippen LogP contribution in [0.25, 0.3) is 22.4 Å². The highest BCUT2D eigenvalue weighted by Gasteiger charge is 2.41. The van der Waals surface area contributed by atoms with Gasteiger partial charge in [-0.15, -0.1) is 0 Å². The van der Waals surface area contributed by atoms with E-state index < -0.39 is 0 Å². The molecule has 0 atom stereocenters. The van der Waals surface area contributed by atoms with E-state index in [-0.39, 0.29) is 5.91 Å². The van der Waals surface area contributed by atoms with Crippen LogP contribution < -0.4 is 4.74 Å². The lowest BCUT2D eigenvalue weighted by Gasteiger charge is -2.24. The molecule has 2 bridgehead atoms. The summed E-state index contributed by atoms with van der Waals surface area (Å²) in [6, 6.07) is 9.81. The van der Waals surface area contributed by atoms with Crippen molar-refractivity contribution in [1.29, 1.82) is 0 Å². The molecule has 0 aliphatic carbocycles. The fraction of sp³-hybridized carbons (Fsp3) is 0.364. The minimum absolute atomic E-state index is 0.0458. The Balaban J connectivity index is 1.53. The average Bonchev–Trinajstić information content (AvgIpc) is 3.42. The SMILES string of the molecule is CCOc1cc(C(=O)N2C3CCN2CC3)ccc1-c1nc2cc(Cl)c(C)cc2[nH]1. The van der Waals surface area contributed by atoms with Crippen LogP contribution >= 0.6 is 11.6 Å². The van der Waals surface area contributed by atoms with Crippen molar-refractivity contribution in [3.05, 3.63) is 46.5 Å². The first kappa shape index (κ1) is 18.5. The summed E-state index contributed by atoms with van der Waals surface area (Å²) in [6.07, 6.45) is 2.12. The first-order chi connectivity index (χ1) is 14.0. The van der Waals surface area contributed by atoms with E-state index in [2.05, 4.69) is 9.99 Å². The molecule has 1 amide bonds. The van der Waals surface area contributed by atoms with Crippen molar-refractivity contribution in [2.45, 2.75) is 32.7 Å². The third-order valence-electron chi connectivity index (χ3n) is 5.85. The van der Waals surface area contributed by atoms with Crippen LogP contribution in [-0.2, 0) is 0 Å². The van der Waals surface area contributed by atoms with Crippen molar-refractivity contribution in [1.82, 2.24) is 20.0 Å². The average molecular weight is 411 g/mol. The van der Waals surface area contributed by atoms with Gasteiger partial charge in [0, 0.05) is 23.7 Å². The third-order valence-corrected chi connectivity index (χ3v) is 6.25. The van der Waals surface area contributed by atoms with E-state index in [4.69, 9.17) is 21.3 Å². The normalized spacial score (nSPS) is 20.6. The highest BCUT2D eigenvalue weighted by molar-refractivity contribution is 6.32. The Morgan fingerprint density at radius 2 is 2.07 bits per heavy atom. The third kappa shape index (κ3) is 3.07. The molecule has 0 unspecified atom stereocenters. The van der Waals surface area contributed by atoms with Gasteiger partial charge in [0.15, 0.2) is 0 Å². The second-order valence-corrected chi connectivity index (χ2v) is 8.09. The van der Waals surface area contributed by atoms with Gasteiger partial charge in [0.1, 0.15) is 11.6 Å². The first-order valence-electron chi connectivity index (χ1n) is 10.1. The van der Waals surface area contributed by atoms with E-state index in [1.54, 1.807) is 0 Å². The van der Waals surface area contributed by atoms with Crippen molar-refractivity contribution in [3.63, 3.8) is 0 Å². The first-order valence-corrected chi connectivity index (χ1v) is 10.4. The maximum atomic E-state index is 13.1. The highest BCUT2D eigenvalue weighted by atomic mass is 35.5. The molecule has 150 valence electrons. The van der Waals surface area contributed by atoms with Gasteiger partial charge in [0.25, 0.3) is 5.91 Å². The molecule has 6 nitrogen and oxygen atoms in total. The summed E-state index contributed by atoms with van der Waals surface area (Å²) in [5.74, 6) is 1.40. The zero-order chi connectivity index (χ0) is 20.1.